The van der Waals surface area contributed by atoms with Crippen LogP contribution in [0.15, 0.2) is 18.2 Å². The molecule has 0 aliphatic rings. The quantitative estimate of drug-likeness (QED) is 0.818. The van der Waals surface area contributed by atoms with Gasteiger partial charge in [-0.15, -0.1) is 0 Å². The monoisotopic (exact) mass is 267 g/mol. The molecule has 0 aliphatic heterocycles. The smallest absolute Gasteiger partial charge is 0.251 e. The molecule has 0 aromatic heterocycles. The molecule has 1 amide bonds. The maximum absolute atomic E-state index is 12.1. The zero-order valence-corrected chi connectivity index (χ0v) is 11.8. The molecule has 0 saturated carbocycles. The lowest BCUT2D eigenvalue weighted by Crippen LogP contribution is -2.41. The van der Waals surface area contributed by atoms with Crippen LogP contribution in [0.5, 0.6) is 11.5 Å². The van der Waals surface area contributed by atoms with Gasteiger partial charge in [-0.3, -0.25) is 4.79 Å². The van der Waals surface area contributed by atoms with Crippen LogP contribution in [0.2, 0.25) is 0 Å². The number of hydrogen-bond donors (Lipinski definition) is 2. The van der Waals surface area contributed by atoms with Gasteiger partial charge >= 0.3 is 0 Å². The predicted octanol–water partition coefficient (Wildman–Crippen LogP) is 1.45. The maximum atomic E-state index is 12.1. The zero-order chi connectivity index (χ0) is 14.4. The second-order valence-corrected chi connectivity index (χ2v) is 4.61. The van der Waals surface area contributed by atoms with Gasteiger partial charge in [0.25, 0.3) is 5.91 Å². The van der Waals surface area contributed by atoms with Crippen molar-refractivity contribution >= 4 is 5.91 Å². The Kier molecular flexibility index (Phi) is 5.63. The first-order chi connectivity index (χ1) is 9.01. The van der Waals surface area contributed by atoms with Crippen LogP contribution >= 0.6 is 0 Å². The summed E-state index contributed by atoms with van der Waals surface area (Å²) in [5, 5.41) is 12.0. The Morgan fingerprint density at radius 2 is 1.74 bits per heavy atom. The van der Waals surface area contributed by atoms with Gasteiger partial charge < -0.3 is 19.9 Å². The molecule has 1 aromatic rings. The highest BCUT2D eigenvalue weighted by Crippen LogP contribution is 2.22. The number of aliphatic hydroxyl groups is 1. The van der Waals surface area contributed by atoms with Crippen molar-refractivity contribution in [1.29, 1.82) is 0 Å². The molecule has 1 unspecified atom stereocenters. The van der Waals surface area contributed by atoms with Crippen molar-refractivity contribution in [3.63, 3.8) is 0 Å². The highest BCUT2D eigenvalue weighted by atomic mass is 16.5. The second kappa shape index (κ2) is 6.99. The lowest BCUT2D eigenvalue weighted by atomic mass is 10.0. The van der Waals surface area contributed by atoms with E-state index in [0.717, 1.165) is 0 Å². The Labute approximate surface area is 113 Å². The average Bonchev–Trinajstić information content (AvgIpc) is 2.43. The minimum absolute atomic E-state index is 0.0927. The van der Waals surface area contributed by atoms with E-state index in [9.17, 15) is 9.90 Å². The van der Waals surface area contributed by atoms with Crippen LogP contribution in [-0.2, 0) is 0 Å². The fourth-order valence-corrected chi connectivity index (χ4v) is 1.61. The topological polar surface area (TPSA) is 67.8 Å². The Morgan fingerprint density at radius 3 is 2.11 bits per heavy atom. The molecule has 5 nitrogen and oxygen atoms in total. The number of methoxy groups -OCH3 is 2. The SMILES string of the molecule is COc1cc(OC)cc(C(=O)NC(CO)C(C)C)c1. The summed E-state index contributed by atoms with van der Waals surface area (Å²) in [7, 11) is 3.06. The van der Waals surface area contributed by atoms with Crippen molar-refractivity contribution < 1.29 is 19.4 Å². The Hall–Kier alpha value is -1.75. The van der Waals surface area contributed by atoms with Crippen molar-refractivity contribution in [2.75, 3.05) is 20.8 Å². The first kappa shape index (κ1) is 15.3. The van der Waals surface area contributed by atoms with Gasteiger partial charge in [0.05, 0.1) is 26.9 Å². The van der Waals surface area contributed by atoms with Crippen LogP contribution in [0.1, 0.15) is 24.2 Å². The Bertz CT molecular complexity index is 409. The van der Waals surface area contributed by atoms with Crippen molar-refractivity contribution in [2.45, 2.75) is 19.9 Å². The van der Waals surface area contributed by atoms with Gasteiger partial charge in [0, 0.05) is 11.6 Å². The van der Waals surface area contributed by atoms with Crippen molar-refractivity contribution in [1.82, 2.24) is 5.32 Å². The third-order valence-corrected chi connectivity index (χ3v) is 2.93. The molecule has 106 valence electrons. The summed E-state index contributed by atoms with van der Waals surface area (Å²) in [5.41, 5.74) is 0.440. The van der Waals surface area contributed by atoms with Crippen LogP contribution in [0.4, 0.5) is 0 Å². The highest BCUT2D eigenvalue weighted by Gasteiger charge is 2.17. The molecular formula is C14H21NO4. The summed E-state index contributed by atoms with van der Waals surface area (Å²) in [6, 6.07) is 4.69. The molecule has 0 spiro atoms. The molecule has 0 radical (unpaired) electrons. The minimum Gasteiger partial charge on any atom is -0.497 e. The van der Waals surface area contributed by atoms with E-state index in [-0.39, 0.29) is 24.5 Å². The predicted molar refractivity (Wildman–Crippen MR) is 72.7 cm³/mol. The number of nitrogens with one attached hydrogen (secondary N) is 1. The molecule has 19 heavy (non-hydrogen) atoms. The number of carbonyl (C=O) groups excluding carboxylic acids is 1. The summed E-state index contributed by atoms with van der Waals surface area (Å²) in [6.07, 6.45) is 0. The molecular weight excluding hydrogens is 246 g/mol. The fourth-order valence-electron chi connectivity index (χ4n) is 1.61. The van der Waals surface area contributed by atoms with Crippen LogP contribution in [0, 0.1) is 5.92 Å². The van der Waals surface area contributed by atoms with Gasteiger partial charge in [0.15, 0.2) is 0 Å². The third kappa shape index (κ3) is 4.13. The van der Waals surface area contributed by atoms with Gasteiger partial charge in [-0.2, -0.15) is 0 Å². The normalized spacial score (nSPS) is 12.1. The summed E-state index contributed by atoms with van der Waals surface area (Å²) < 4.78 is 10.2. The third-order valence-electron chi connectivity index (χ3n) is 2.93. The summed E-state index contributed by atoms with van der Waals surface area (Å²) in [4.78, 5) is 12.1. The number of benzene rings is 1. The minimum atomic E-state index is -0.273. The summed E-state index contributed by atoms with van der Waals surface area (Å²) in [5.74, 6) is 0.996. The van der Waals surface area contributed by atoms with E-state index in [1.165, 1.54) is 14.2 Å². The number of rotatable bonds is 6. The van der Waals surface area contributed by atoms with E-state index in [1.54, 1.807) is 18.2 Å². The Balaban J connectivity index is 2.92. The van der Waals surface area contributed by atoms with Gasteiger partial charge in [-0.05, 0) is 18.1 Å². The molecule has 0 heterocycles. The largest absolute Gasteiger partial charge is 0.497 e. The standard InChI is InChI=1S/C14H21NO4/c1-9(2)13(8-16)15-14(17)10-5-11(18-3)7-12(6-10)19-4/h5-7,9,13,16H,8H2,1-4H3,(H,15,17). The van der Waals surface area contributed by atoms with Gasteiger partial charge in [-0.1, -0.05) is 13.8 Å². The van der Waals surface area contributed by atoms with Gasteiger partial charge in [-0.25, -0.2) is 0 Å². The van der Waals surface area contributed by atoms with E-state index in [1.807, 2.05) is 13.8 Å². The first-order valence-electron chi connectivity index (χ1n) is 6.16. The molecule has 2 N–H and O–H groups in total. The van der Waals surface area contributed by atoms with Crippen LogP contribution < -0.4 is 14.8 Å². The van der Waals surface area contributed by atoms with E-state index >= 15 is 0 Å². The highest BCUT2D eigenvalue weighted by molar-refractivity contribution is 5.95. The van der Waals surface area contributed by atoms with Crippen molar-refractivity contribution in [3.8, 4) is 11.5 Å². The van der Waals surface area contributed by atoms with E-state index in [0.29, 0.717) is 17.1 Å². The van der Waals surface area contributed by atoms with Crippen molar-refractivity contribution in [3.05, 3.63) is 23.8 Å². The number of aliphatic hydroxyl groups excluding tert-OH is 1. The van der Waals surface area contributed by atoms with E-state index in [2.05, 4.69) is 5.32 Å². The lowest BCUT2D eigenvalue weighted by molar-refractivity contribution is 0.0896. The molecule has 0 saturated heterocycles. The van der Waals surface area contributed by atoms with Crippen molar-refractivity contribution in [2.24, 2.45) is 5.92 Å². The lowest BCUT2D eigenvalue weighted by Gasteiger charge is -2.20. The fraction of sp³-hybridized carbons (Fsp3) is 0.500. The van der Waals surface area contributed by atoms with Gasteiger partial charge in [0.1, 0.15) is 11.5 Å². The maximum Gasteiger partial charge on any atom is 0.251 e. The number of carbonyl (C=O) groups is 1. The summed E-state index contributed by atoms with van der Waals surface area (Å²) in [6.45, 7) is 3.78. The Morgan fingerprint density at radius 1 is 1.21 bits per heavy atom. The molecule has 0 fully saturated rings. The van der Waals surface area contributed by atoms with Gasteiger partial charge in [0.2, 0.25) is 0 Å². The average molecular weight is 267 g/mol. The number of amides is 1. The van der Waals surface area contributed by atoms with Crippen LogP contribution in [0.25, 0.3) is 0 Å². The number of ether oxygens (including phenoxy) is 2. The zero-order valence-electron chi connectivity index (χ0n) is 11.8. The number of hydrogen-bond acceptors (Lipinski definition) is 4. The van der Waals surface area contributed by atoms with Crippen LogP contribution in [-0.4, -0.2) is 37.9 Å². The molecule has 5 heteroatoms. The summed E-state index contributed by atoms with van der Waals surface area (Å²) >= 11 is 0. The molecule has 0 bridgehead atoms. The van der Waals surface area contributed by atoms with E-state index < -0.39 is 0 Å². The molecule has 1 atom stereocenters. The molecule has 0 aliphatic carbocycles. The second-order valence-electron chi connectivity index (χ2n) is 4.61. The molecule has 1 aromatic carbocycles. The van der Waals surface area contributed by atoms with E-state index in [4.69, 9.17) is 9.47 Å². The van der Waals surface area contributed by atoms with Crippen LogP contribution in [0.3, 0.4) is 0 Å². The molecule has 1 rings (SSSR count). The first-order valence-corrected chi connectivity index (χ1v) is 6.16.